The van der Waals surface area contributed by atoms with Gasteiger partial charge in [0.25, 0.3) is 0 Å². The number of halogens is 2. The third-order valence-electron chi connectivity index (χ3n) is 4.96. The summed E-state index contributed by atoms with van der Waals surface area (Å²) in [5.41, 5.74) is 2.06. The Morgan fingerprint density at radius 1 is 1.31 bits per heavy atom. The van der Waals surface area contributed by atoms with Gasteiger partial charge in [-0.15, -0.1) is 0 Å². The van der Waals surface area contributed by atoms with Crippen molar-refractivity contribution in [2.75, 3.05) is 25.2 Å². The summed E-state index contributed by atoms with van der Waals surface area (Å²) in [6.45, 7) is 3.72. The lowest BCUT2D eigenvalue weighted by Crippen LogP contribution is -2.27. The number of pyridine rings is 1. The average molecular weight is 461 g/mol. The van der Waals surface area contributed by atoms with E-state index in [2.05, 4.69) is 30.9 Å². The van der Waals surface area contributed by atoms with E-state index in [1.54, 1.807) is 6.20 Å². The Morgan fingerprint density at radius 3 is 2.83 bits per heavy atom. The van der Waals surface area contributed by atoms with Gasteiger partial charge in [0.05, 0.1) is 17.7 Å². The van der Waals surface area contributed by atoms with Gasteiger partial charge in [0.1, 0.15) is 17.4 Å². The number of hydrogen-bond donors (Lipinski definition) is 0. The molecule has 1 aromatic carbocycles. The van der Waals surface area contributed by atoms with Gasteiger partial charge >= 0.3 is 6.01 Å². The molecule has 1 fully saturated rings. The van der Waals surface area contributed by atoms with Crippen molar-refractivity contribution in [2.45, 2.75) is 32.4 Å². The molecule has 0 amide bonds. The second-order valence-electron chi connectivity index (χ2n) is 7.19. The first-order valence-electron chi connectivity index (χ1n) is 9.53. The van der Waals surface area contributed by atoms with Crippen LogP contribution >= 0.6 is 15.9 Å². The van der Waals surface area contributed by atoms with Gasteiger partial charge in [-0.25, -0.2) is 4.39 Å². The number of rotatable bonds is 5. The van der Waals surface area contributed by atoms with E-state index in [1.165, 1.54) is 0 Å². The standard InChI is InChI=1S/C21H22BrFN4O2/c1-13-10-16-19(18(23)17(13)22)25-21(29-15-5-8-28-9-6-15)26-20(16)27(2)12-14-4-3-7-24-11-14/h3-4,7,10-11,15H,5-6,8-9,12H2,1-2H3. The number of aromatic nitrogens is 3. The largest absolute Gasteiger partial charge is 0.460 e. The van der Waals surface area contributed by atoms with E-state index in [-0.39, 0.29) is 17.6 Å². The molecule has 0 aliphatic carbocycles. The lowest BCUT2D eigenvalue weighted by molar-refractivity contribution is 0.0219. The number of fused-ring (bicyclic) bond motifs is 1. The smallest absolute Gasteiger partial charge is 0.319 e. The molecule has 6 nitrogen and oxygen atoms in total. The minimum absolute atomic E-state index is 0.0328. The number of anilines is 1. The van der Waals surface area contributed by atoms with Crippen molar-refractivity contribution in [3.05, 3.63) is 52.0 Å². The monoisotopic (exact) mass is 460 g/mol. The number of ether oxygens (including phenoxy) is 2. The molecule has 1 aliphatic heterocycles. The van der Waals surface area contributed by atoms with Crippen LogP contribution in [0, 0.1) is 12.7 Å². The third-order valence-corrected chi connectivity index (χ3v) is 5.93. The van der Waals surface area contributed by atoms with E-state index in [0.29, 0.717) is 35.4 Å². The van der Waals surface area contributed by atoms with Crippen LogP contribution in [0.2, 0.25) is 0 Å². The van der Waals surface area contributed by atoms with Crippen molar-refractivity contribution in [1.29, 1.82) is 0 Å². The Balaban J connectivity index is 1.77. The first-order valence-corrected chi connectivity index (χ1v) is 10.3. The highest BCUT2D eigenvalue weighted by atomic mass is 79.9. The summed E-state index contributed by atoms with van der Waals surface area (Å²) in [6.07, 6.45) is 5.04. The van der Waals surface area contributed by atoms with Crippen LogP contribution in [-0.4, -0.2) is 41.3 Å². The van der Waals surface area contributed by atoms with Crippen LogP contribution in [0.15, 0.2) is 35.1 Å². The molecule has 0 N–H and O–H groups in total. The summed E-state index contributed by atoms with van der Waals surface area (Å²) < 4.78 is 26.8. The fourth-order valence-corrected chi connectivity index (χ4v) is 3.72. The van der Waals surface area contributed by atoms with E-state index in [4.69, 9.17) is 9.47 Å². The zero-order valence-electron chi connectivity index (χ0n) is 16.4. The van der Waals surface area contributed by atoms with Crippen LogP contribution in [0.25, 0.3) is 10.9 Å². The molecule has 152 valence electrons. The van der Waals surface area contributed by atoms with Crippen molar-refractivity contribution < 1.29 is 13.9 Å². The molecule has 0 radical (unpaired) electrons. The molecule has 8 heteroatoms. The molecule has 29 heavy (non-hydrogen) atoms. The normalized spacial score (nSPS) is 14.9. The Morgan fingerprint density at radius 2 is 2.10 bits per heavy atom. The van der Waals surface area contributed by atoms with Gasteiger partial charge < -0.3 is 14.4 Å². The Bertz CT molecular complexity index is 1010. The maximum absolute atomic E-state index is 15.0. The van der Waals surface area contributed by atoms with E-state index in [1.807, 2.05) is 43.3 Å². The predicted octanol–water partition coefficient (Wildman–Crippen LogP) is 4.43. The zero-order chi connectivity index (χ0) is 20.4. The van der Waals surface area contributed by atoms with E-state index < -0.39 is 5.82 Å². The molecule has 1 saturated heterocycles. The van der Waals surface area contributed by atoms with Crippen LogP contribution in [-0.2, 0) is 11.3 Å². The number of hydrogen-bond acceptors (Lipinski definition) is 6. The summed E-state index contributed by atoms with van der Waals surface area (Å²) in [4.78, 5) is 15.2. The molecule has 3 aromatic rings. The number of benzene rings is 1. The van der Waals surface area contributed by atoms with Gasteiger partial charge in [0.2, 0.25) is 0 Å². The van der Waals surface area contributed by atoms with Gasteiger partial charge in [0, 0.05) is 44.2 Å². The lowest BCUT2D eigenvalue weighted by Gasteiger charge is -2.24. The molecular formula is C21H22BrFN4O2. The summed E-state index contributed by atoms with van der Waals surface area (Å²) in [5.74, 6) is 0.214. The lowest BCUT2D eigenvalue weighted by atomic mass is 10.1. The first kappa shape index (κ1) is 20.0. The molecule has 2 aromatic heterocycles. The van der Waals surface area contributed by atoms with E-state index in [0.717, 1.165) is 24.0 Å². The van der Waals surface area contributed by atoms with Gasteiger partial charge in [-0.05, 0) is 46.1 Å². The Kier molecular flexibility index (Phi) is 5.91. The van der Waals surface area contributed by atoms with Crippen LogP contribution in [0.1, 0.15) is 24.0 Å². The second-order valence-corrected chi connectivity index (χ2v) is 7.99. The second kappa shape index (κ2) is 8.59. The van der Waals surface area contributed by atoms with Gasteiger partial charge in [-0.1, -0.05) is 6.07 Å². The van der Waals surface area contributed by atoms with Crippen molar-refractivity contribution in [3.63, 3.8) is 0 Å². The van der Waals surface area contributed by atoms with Crippen LogP contribution < -0.4 is 9.64 Å². The zero-order valence-corrected chi connectivity index (χ0v) is 17.9. The Hall–Kier alpha value is -2.32. The molecular weight excluding hydrogens is 439 g/mol. The van der Waals surface area contributed by atoms with E-state index in [9.17, 15) is 0 Å². The molecule has 0 spiro atoms. The third kappa shape index (κ3) is 4.33. The predicted molar refractivity (Wildman–Crippen MR) is 113 cm³/mol. The Labute approximate surface area is 177 Å². The van der Waals surface area contributed by atoms with Crippen LogP contribution in [0.3, 0.4) is 0 Å². The summed E-state index contributed by atoms with van der Waals surface area (Å²) in [5, 5.41) is 0.647. The van der Waals surface area contributed by atoms with Gasteiger partial charge in [0.15, 0.2) is 5.82 Å². The maximum Gasteiger partial charge on any atom is 0.319 e. The minimum Gasteiger partial charge on any atom is -0.460 e. The highest BCUT2D eigenvalue weighted by Crippen LogP contribution is 2.34. The molecule has 0 atom stereocenters. The fourth-order valence-electron chi connectivity index (χ4n) is 3.42. The van der Waals surface area contributed by atoms with Gasteiger partial charge in [-0.3, -0.25) is 4.98 Å². The summed E-state index contributed by atoms with van der Waals surface area (Å²) >= 11 is 3.32. The molecule has 0 saturated carbocycles. The quantitative estimate of drug-likeness (QED) is 0.561. The first-order chi connectivity index (χ1) is 14.0. The SMILES string of the molecule is Cc1cc2c(N(C)Cc3cccnc3)nc(OC3CCOCC3)nc2c(F)c1Br. The maximum atomic E-state index is 15.0. The van der Waals surface area contributed by atoms with Crippen molar-refractivity contribution in [2.24, 2.45) is 0 Å². The summed E-state index contributed by atoms with van der Waals surface area (Å²) in [7, 11) is 1.92. The topological polar surface area (TPSA) is 60.4 Å². The highest BCUT2D eigenvalue weighted by molar-refractivity contribution is 9.10. The number of nitrogens with zero attached hydrogens (tertiary/aromatic N) is 4. The molecule has 1 aliphatic rings. The van der Waals surface area contributed by atoms with Crippen LogP contribution in [0.5, 0.6) is 6.01 Å². The van der Waals surface area contributed by atoms with Crippen molar-refractivity contribution in [3.8, 4) is 6.01 Å². The van der Waals surface area contributed by atoms with Crippen molar-refractivity contribution in [1.82, 2.24) is 15.0 Å². The van der Waals surface area contributed by atoms with Gasteiger partial charge in [-0.2, -0.15) is 9.97 Å². The average Bonchev–Trinajstić information content (AvgIpc) is 2.74. The number of aryl methyl sites for hydroxylation is 1. The molecule has 4 rings (SSSR count). The van der Waals surface area contributed by atoms with E-state index >= 15 is 4.39 Å². The fraction of sp³-hybridized carbons (Fsp3) is 0.381. The van der Waals surface area contributed by atoms with Crippen molar-refractivity contribution >= 4 is 32.7 Å². The molecule has 0 bridgehead atoms. The molecule has 3 heterocycles. The highest BCUT2D eigenvalue weighted by Gasteiger charge is 2.22. The minimum atomic E-state index is -0.407. The van der Waals surface area contributed by atoms with Crippen LogP contribution in [0.4, 0.5) is 10.2 Å². The summed E-state index contributed by atoms with van der Waals surface area (Å²) in [6, 6.07) is 5.97. The molecule has 0 unspecified atom stereocenters.